The van der Waals surface area contributed by atoms with E-state index in [1.807, 2.05) is 7.05 Å². The van der Waals surface area contributed by atoms with Crippen molar-refractivity contribution in [3.8, 4) is 17.3 Å². The number of rotatable bonds is 5. The van der Waals surface area contributed by atoms with Crippen LogP contribution in [0.1, 0.15) is 36.8 Å². The maximum Gasteiger partial charge on any atom is 0.418 e. The van der Waals surface area contributed by atoms with Crippen molar-refractivity contribution in [3.05, 3.63) is 34.1 Å². The summed E-state index contributed by atoms with van der Waals surface area (Å²) in [5, 5.41) is 3.61. The zero-order valence-corrected chi connectivity index (χ0v) is 22.9. The van der Waals surface area contributed by atoms with E-state index in [0.29, 0.717) is 30.9 Å². The van der Waals surface area contributed by atoms with Crippen LogP contribution in [0, 0.1) is 12.7 Å². The topological polar surface area (TPSA) is 92.4 Å². The van der Waals surface area contributed by atoms with Crippen LogP contribution in [-0.2, 0) is 6.18 Å². The molecule has 3 aliphatic heterocycles. The third kappa shape index (κ3) is 4.90. The number of likely N-dealkylation sites (tertiary alicyclic amines) is 1. The molecule has 3 aliphatic rings. The van der Waals surface area contributed by atoms with Gasteiger partial charge in [-0.05, 0) is 63.9 Å². The number of likely N-dealkylation sites (N-methyl/N-ethyl adjacent to an activating group) is 1. The number of halogens is 5. The van der Waals surface area contributed by atoms with Gasteiger partial charge in [0.1, 0.15) is 23.8 Å². The molecule has 0 amide bonds. The van der Waals surface area contributed by atoms with Crippen LogP contribution in [0.2, 0.25) is 5.02 Å². The smallest absolute Gasteiger partial charge is 0.418 e. The predicted molar refractivity (Wildman–Crippen MR) is 145 cm³/mol. The molecule has 3 saturated heterocycles. The van der Waals surface area contributed by atoms with Crippen molar-refractivity contribution < 1.29 is 22.3 Å². The Morgan fingerprint density at radius 1 is 1.12 bits per heavy atom. The first-order valence-corrected chi connectivity index (χ1v) is 13.8. The summed E-state index contributed by atoms with van der Waals surface area (Å²) >= 11 is 6.54. The average Bonchev–Trinajstić information content (AvgIpc) is 3.44. The van der Waals surface area contributed by atoms with Gasteiger partial charge in [-0.15, -0.1) is 0 Å². The van der Waals surface area contributed by atoms with Crippen molar-refractivity contribution in [3.63, 3.8) is 0 Å². The number of nitrogens with one attached hydrogen (secondary N) is 1. The Hall–Kier alpha value is -2.96. The van der Waals surface area contributed by atoms with E-state index < -0.39 is 28.8 Å². The first-order valence-electron chi connectivity index (χ1n) is 13.4. The molecule has 5 heterocycles. The number of nitrogen functional groups attached to an aromatic ring is 1. The van der Waals surface area contributed by atoms with Gasteiger partial charge in [-0.1, -0.05) is 11.6 Å². The number of benzene rings is 1. The molecule has 214 valence electrons. The van der Waals surface area contributed by atoms with Crippen LogP contribution in [0.25, 0.3) is 22.2 Å². The summed E-state index contributed by atoms with van der Waals surface area (Å²) in [5.74, 6) is -0.770. The Bertz CT molecular complexity index is 1460. The number of alkyl halides is 3. The molecule has 13 heteroatoms. The monoisotopic (exact) mass is 579 g/mol. The minimum atomic E-state index is -4.82. The number of aromatic nitrogens is 3. The Morgan fingerprint density at radius 3 is 2.50 bits per heavy atom. The molecule has 0 saturated carbocycles. The number of fused-ring (bicyclic) bond motifs is 3. The molecule has 0 aliphatic carbocycles. The predicted octanol–water partition coefficient (Wildman–Crippen LogP) is 4.81. The van der Waals surface area contributed by atoms with E-state index in [-0.39, 0.29) is 46.1 Å². The molecule has 3 fully saturated rings. The number of pyridine rings is 1. The van der Waals surface area contributed by atoms with E-state index in [9.17, 15) is 13.2 Å². The summed E-state index contributed by atoms with van der Waals surface area (Å²) in [7, 11) is 2.01. The van der Waals surface area contributed by atoms with E-state index in [0.717, 1.165) is 38.3 Å². The summed E-state index contributed by atoms with van der Waals surface area (Å²) < 4.78 is 64.8. The summed E-state index contributed by atoms with van der Waals surface area (Å²) in [6.07, 6.45) is -0.790. The molecule has 3 atom stereocenters. The van der Waals surface area contributed by atoms with Gasteiger partial charge in [-0.25, -0.2) is 9.37 Å². The standard InChI is InChI=1S/C27H30ClF4N7O/c1-13-8-19(33)35-24(21(13)27(30,31)32)20-18(28)9-17-23(22(20)29)36-26(40-12-16-4-3-7-38(16)2)37-25(17)39-10-14-5-6-15(11-39)34-14/h8-9,14-16,34H,3-7,10-12H2,1-2H3,(H2,33,35)/t14-,15-,16-/m0/s1. The number of nitrogens with two attached hydrogens (primary N) is 1. The van der Waals surface area contributed by atoms with Gasteiger partial charge in [0, 0.05) is 36.6 Å². The van der Waals surface area contributed by atoms with E-state index in [1.54, 1.807) is 0 Å². The van der Waals surface area contributed by atoms with Crippen LogP contribution in [0.3, 0.4) is 0 Å². The molecular weight excluding hydrogens is 550 g/mol. The van der Waals surface area contributed by atoms with Crippen molar-refractivity contribution in [1.29, 1.82) is 0 Å². The van der Waals surface area contributed by atoms with Gasteiger partial charge in [-0.3, -0.25) is 0 Å². The molecule has 0 unspecified atom stereocenters. The lowest BCUT2D eigenvalue weighted by atomic mass is 9.99. The molecule has 0 spiro atoms. The Morgan fingerprint density at radius 2 is 1.85 bits per heavy atom. The lowest BCUT2D eigenvalue weighted by molar-refractivity contribution is -0.137. The summed E-state index contributed by atoms with van der Waals surface area (Å²) in [5.41, 5.74) is 3.15. The Balaban J connectivity index is 1.52. The molecule has 0 radical (unpaired) electrons. The SMILES string of the molecule is Cc1cc(N)nc(-c2c(Cl)cc3c(N4C[C@@H]5CC[C@@H](C4)N5)nc(OC[C@@H]4CCCN4C)nc3c2F)c1C(F)(F)F. The van der Waals surface area contributed by atoms with Gasteiger partial charge in [0.05, 0.1) is 21.8 Å². The molecule has 2 bridgehead atoms. The van der Waals surface area contributed by atoms with E-state index >= 15 is 4.39 Å². The minimum absolute atomic E-state index is 0.0337. The summed E-state index contributed by atoms with van der Waals surface area (Å²) in [6.45, 7) is 3.80. The molecule has 3 N–H and O–H groups in total. The molecule has 40 heavy (non-hydrogen) atoms. The number of hydrogen-bond donors (Lipinski definition) is 2. The maximum atomic E-state index is 16.4. The van der Waals surface area contributed by atoms with Crippen LogP contribution in [0.4, 0.5) is 29.2 Å². The van der Waals surface area contributed by atoms with Crippen molar-refractivity contribution in [2.24, 2.45) is 0 Å². The zero-order valence-electron chi connectivity index (χ0n) is 22.2. The second-order valence-electron chi connectivity index (χ2n) is 11.0. The average molecular weight is 580 g/mol. The zero-order chi connectivity index (χ0) is 28.3. The fourth-order valence-corrected chi connectivity index (χ4v) is 6.53. The van der Waals surface area contributed by atoms with Crippen LogP contribution < -0.4 is 20.7 Å². The van der Waals surface area contributed by atoms with Gasteiger partial charge in [0.25, 0.3) is 0 Å². The van der Waals surface area contributed by atoms with E-state index in [4.69, 9.17) is 22.1 Å². The number of hydrogen-bond acceptors (Lipinski definition) is 8. The molecule has 2 aromatic heterocycles. The molecular formula is C27H30ClF4N7O. The summed E-state index contributed by atoms with van der Waals surface area (Å²) in [6, 6.07) is 3.17. The normalized spacial score (nSPS) is 23.4. The number of piperazine rings is 1. The van der Waals surface area contributed by atoms with Crippen LogP contribution >= 0.6 is 11.6 Å². The van der Waals surface area contributed by atoms with Crippen molar-refractivity contribution >= 4 is 34.1 Å². The van der Waals surface area contributed by atoms with Crippen molar-refractivity contribution in [2.75, 3.05) is 43.9 Å². The Labute approximate surface area is 233 Å². The van der Waals surface area contributed by atoms with Crippen LogP contribution in [-0.4, -0.2) is 71.3 Å². The highest BCUT2D eigenvalue weighted by atomic mass is 35.5. The van der Waals surface area contributed by atoms with E-state index in [2.05, 4.69) is 30.1 Å². The quantitative estimate of drug-likeness (QED) is 0.416. The largest absolute Gasteiger partial charge is 0.462 e. The maximum absolute atomic E-state index is 16.4. The first kappa shape index (κ1) is 27.2. The fraction of sp³-hybridized carbons (Fsp3) is 0.519. The highest BCUT2D eigenvalue weighted by Crippen LogP contribution is 2.44. The summed E-state index contributed by atoms with van der Waals surface area (Å²) in [4.78, 5) is 17.2. The number of anilines is 2. The molecule has 3 aromatic rings. The van der Waals surface area contributed by atoms with Crippen LogP contribution in [0.5, 0.6) is 6.01 Å². The van der Waals surface area contributed by atoms with E-state index in [1.165, 1.54) is 13.0 Å². The third-order valence-corrected chi connectivity index (χ3v) is 8.49. The van der Waals surface area contributed by atoms with Gasteiger partial charge < -0.3 is 25.6 Å². The van der Waals surface area contributed by atoms with Gasteiger partial charge in [0.15, 0.2) is 5.82 Å². The number of nitrogens with zero attached hydrogens (tertiary/aromatic N) is 5. The molecule has 1 aromatic carbocycles. The highest BCUT2D eigenvalue weighted by Gasteiger charge is 2.39. The van der Waals surface area contributed by atoms with Gasteiger partial charge >= 0.3 is 12.2 Å². The first-order chi connectivity index (χ1) is 19.0. The number of ether oxygens (including phenoxy) is 1. The lowest BCUT2D eigenvalue weighted by Gasteiger charge is -2.34. The number of aryl methyl sites for hydroxylation is 1. The lowest BCUT2D eigenvalue weighted by Crippen LogP contribution is -2.51. The Kier molecular flexibility index (Phi) is 6.90. The third-order valence-electron chi connectivity index (χ3n) is 8.19. The molecule has 6 rings (SSSR count). The second kappa shape index (κ2) is 10.1. The minimum Gasteiger partial charge on any atom is -0.462 e. The van der Waals surface area contributed by atoms with Crippen LogP contribution in [0.15, 0.2) is 12.1 Å². The van der Waals surface area contributed by atoms with Gasteiger partial charge in [0.2, 0.25) is 0 Å². The highest BCUT2D eigenvalue weighted by molar-refractivity contribution is 6.34. The van der Waals surface area contributed by atoms with Crippen molar-refractivity contribution in [2.45, 2.75) is 56.9 Å². The molecule has 8 nitrogen and oxygen atoms in total. The van der Waals surface area contributed by atoms with Gasteiger partial charge in [-0.2, -0.15) is 23.1 Å². The second-order valence-corrected chi connectivity index (χ2v) is 11.4. The van der Waals surface area contributed by atoms with Crippen molar-refractivity contribution in [1.82, 2.24) is 25.2 Å². The fourth-order valence-electron chi connectivity index (χ4n) is 6.25.